The van der Waals surface area contributed by atoms with Gasteiger partial charge in [0, 0.05) is 30.3 Å². The van der Waals surface area contributed by atoms with Crippen LogP contribution in [-0.2, 0) is 0 Å². The Morgan fingerprint density at radius 1 is 1.33 bits per heavy atom. The normalized spacial score (nSPS) is 10.1. The van der Waals surface area contributed by atoms with E-state index in [4.69, 9.17) is 0 Å². The van der Waals surface area contributed by atoms with Crippen molar-refractivity contribution in [3.63, 3.8) is 0 Å². The topological polar surface area (TPSA) is 81.0 Å². The van der Waals surface area contributed by atoms with Crippen LogP contribution < -0.4 is 5.32 Å². The van der Waals surface area contributed by atoms with E-state index in [1.807, 2.05) is 6.92 Å². The summed E-state index contributed by atoms with van der Waals surface area (Å²) in [5.74, 6) is 0.703. The van der Waals surface area contributed by atoms with E-state index in [0.29, 0.717) is 17.1 Å². The highest BCUT2D eigenvalue weighted by Crippen LogP contribution is 2.23. The van der Waals surface area contributed by atoms with Gasteiger partial charge in [0.25, 0.3) is 5.69 Å². The van der Waals surface area contributed by atoms with Crippen LogP contribution in [0.3, 0.4) is 0 Å². The third-order valence-corrected chi connectivity index (χ3v) is 2.38. The molecule has 6 nitrogen and oxygen atoms in total. The van der Waals surface area contributed by atoms with E-state index in [0.717, 1.165) is 6.54 Å². The van der Waals surface area contributed by atoms with E-state index in [1.165, 1.54) is 18.5 Å². The van der Waals surface area contributed by atoms with Crippen LogP contribution in [-0.4, -0.2) is 21.4 Å². The molecule has 6 heteroatoms. The second-order valence-corrected chi connectivity index (χ2v) is 3.63. The lowest BCUT2D eigenvalue weighted by molar-refractivity contribution is -0.384. The molecule has 0 aliphatic rings. The lowest BCUT2D eigenvalue weighted by Crippen LogP contribution is -2.00. The summed E-state index contributed by atoms with van der Waals surface area (Å²) in [6.07, 6.45) is 1.44. The summed E-state index contributed by atoms with van der Waals surface area (Å²) < 4.78 is 0. The van der Waals surface area contributed by atoms with Gasteiger partial charge < -0.3 is 5.32 Å². The standard InChI is InChI=1S/C12H12N4O2/c1-2-13-12-7-11(14-8-15-12)9-4-3-5-10(6-9)16(17)18/h3-8H,2H2,1H3,(H,13,14,15). The van der Waals surface area contributed by atoms with Crippen LogP contribution in [0.4, 0.5) is 11.5 Å². The second-order valence-electron chi connectivity index (χ2n) is 3.63. The van der Waals surface area contributed by atoms with Crippen LogP contribution >= 0.6 is 0 Å². The molecule has 1 aromatic heterocycles. The molecule has 0 spiro atoms. The lowest BCUT2D eigenvalue weighted by Gasteiger charge is -2.04. The first-order valence-corrected chi connectivity index (χ1v) is 5.51. The van der Waals surface area contributed by atoms with E-state index >= 15 is 0 Å². The summed E-state index contributed by atoms with van der Waals surface area (Å²) in [5, 5.41) is 13.8. The number of hydrogen-bond donors (Lipinski definition) is 1. The number of aromatic nitrogens is 2. The average Bonchev–Trinajstić information content (AvgIpc) is 2.39. The number of nitrogens with one attached hydrogen (secondary N) is 1. The molecule has 0 amide bonds. The molecule has 1 aromatic carbocycles. The average molecular weight is 244 g/mol. The van der Waals surface area contributed by atoms with Crippen molar-refractivity contribution < 1.29 is 4.92 Å². The third-order valence-electron chi connectivity index (χ3n) is 2.38. The quantitative estimate of drug-likeness (QED) is 0.660. The zero-order valence-electron chi connectivity index (χ0n) is 9.83. The number of rotatable bonds is 4. The van der Waals surface area contributed by atoms with Gasteiger partial charge >= 0.3 is 0 Å². The maximum Gasteiger partial charge on any atom is 0.270 e. The minimum absolute atomic E-state index is 0.0520. The smallest absolute Gasteiger partial charge is 0.270 e. The summed E-state index contributed by atoms with van der Waals surface area (Å²) in [6.45, 7) is 2.72. The highest BCUT2D eigenvalue weighted by atomic mass is 16.6. The summed E-state index contributed by atoms with van der Waals surface area (Å²) in [5.41, 5.74) is 1.41. The molecule has 0 unspecified atom stereocenters. The van der Waals surface area contributed by atoms with E-state index in [1.54, 1.807) is 18.2 Å². The minimum Gasteiger partial charge on any atom is -0.370 e. The van der Waals surface area contributed by atoms with Crippen LogP contribution in [0.15, 0.2) is 36.7 Å². The lowest BCUT2D eigenvalue weighted by atomic mass is 10.1. The first kappa shape index (κ1) is 12.0. The van der Waals surface area contributed by atoms with Crippen molar-refractivity contribution in [2.45, 2.75) is 6.92 Å². The fraction of sp³-hybridized carbons (Fsp3) is 0.167. The third kappa shape index (κ3) is 2.60. The van der Waals surface area contributed by atoms with Gasteiger partial charge in [0.2, 0.25) is 0 Å². The Morgan fingerprint density at radius 3 is 2.89 bits per heavy atom. The minimum atomic E-state index is -0.421. The van der Waals surface area contributed by atoms with Crippen LogP contribution in [0.2, 0.25) is 0 Å². The highest BCUT2D eigenvalue weighted by Gasteiger charge is 2.08. The highest BCUT2D eigenvalue weighted by molar-refractivity contribution is 5.64. The Balaban J connectivity index is 2.38. The Bertz CT molecular complexity index is 572. The molecule has 0 fully saturated rings. The van der Waals surface area contributed by atoms with Gasteiger partial charge in [-0.25, -0.2) is 9.97 Å². The van der Waals surface area contributed by atoms with Crippen molar-refractivity contribution in [1.29, 1.82) is 0 Å². The van der Waals surface area contributed by atoms with Gasteiger partial charge in [-0.3, -0.25) is 10.1 Å². The molecule has 92 valence electrons. The molecule has 2 aromatic rings. The first-order valence-electron chi connectivity index (χ1n) is 5.51. The number of nitro groups is 1. The van der Waals surface area contributed by atoms with Crippen LogP contribution in [0.1, 0.15) is 6.92 Å². The fourth-order valence-electron chi connectivity index (χ4n) is 1.57. The van der Waals surface area contributed by atoms with Crippen molar-refractivity contribution >= 4 is 11.5 Å². The molecule has 18 heavy (non-hydrogen) atoms. The Kier molecular flexibility index (Phi) is 3.47. The summed E-state index contributed by atoms with van der Waals surface area (Å²) in [7, 11) is 0. The second kappa shape index (κ2) is 5.22. The number of nitrogens with zero attached hydrogens (tertiary/aromatic N) is 3. The van der Waals surface area contributed by atoms with Crippen molar-refractivity contribution in [2.24, 2.45) is 0 Å². The van der Waals surface area contributed by atoms with Gasteiger partial charge in [0.15, 0.2) is 0 Å². The zero-order valence-corrected chi connectivity index (χ0v) is 9.83. The van der Waals surface area contributed by atoms with Gasteiger partial charge in [-0.05, 0) is 6.92 Å². The largest absolute Gasteiger partial charge is 0.370 e. The zero-order chi connectivity index (χ0) is 13.0. The summed E-state index contributed by atoms with van der Waals surface area (Å²) in [6, 6.07) is 8.14. The van der Waals surface area contributed by atoms with Gasteiger partial charge in [-0.1, -0.05) is 12.1 Å². The maximum absolute atomic E-state index is 10.7. The van der Waals surface area contributed by atoms with Gasteiger partial charge in [0.1, 0.15) is 12.1 Å². The molecule has 0 bridgehead atoms. The summed E-state index contributed by atoms with van der Waals surface area (Å²) >= 11 is 0. The Morgan fingerprint density at radius 2 is 2.17 bits per heavy atom. The molecule has 0 radical (unpaired) electrons. The number of benzene rings is 1. The molecule has 2 rings (SSSR count). The number of non-ortho nitro benzene ring substituents is 1. The maximum atomic E-state index is 10.7. The monoisotopic (exact) mass is 244 g/mol. The predicted molar refractivity (Wildman–Crippen MR) is 68.3 cm³/mol. The number of hydrogen-bond acceptors (Lipinski definition) is 5. The Labute approximate surface area is 104 Å². The molecule has 0 aliphatic carbocycles. The van der Waals surface area contributed by atoms with E-state index in [2.05, 4.69) is 15.3 Å². The molecular weight excluding hydrogens is 232 g/mol. The van der Waals surface area contributed by atoms with E-state index < -0.39 is 4.92 Å². The van der Waals surface area contributed by atoms with Crippen molar-refractivity contribution in [3.8, 4) is 11.3 Å². The van der Waals surface area contributed by atoms with E-state index in [9.17, 15) is 10.1 Å². The molecule has 1 heterocycles. The van der Waals surface area contributed by atoms with Gasteiger partial charge in [-0.15, -0.1) is 0 Å². The molecule has 1 N–H and O–H groups in total. The number of anilines is 1. The Hall–Kier alpha value is -2.50. The van der Waals surface area contributed by atoms with Gasteiger partial charge in [-0.2, -0.15) is 0 Å². The summed E-state index contributed by atoms with van der Waals surface area (Å²) in [4.78, 5) is 18.5. The molecule has 0 atom stereocenters. The fourth-order valence-corrected chi connectivity index (χ4v) is 1.57. The van der Waals surface area contributed by atoms with Crippen molar-refractivity contribution in [1.82, 2.24) is 9.97 Å². The molecule has 0 saturated heterocycles. The van der Waals surface area contributed by atoms with Gasteiger partial charge in [0.05, 0.1) is 10.6 Å². The molecule has 0 saturated carbocycles. The van der Waals surface area contributed by atoms with Crippen LogP contribution in [0, 0.1) is 10.1 Å². The molecular formula is C12H12N4O2. The van der Waals surface area contributed by atoms with Crippen molar-refractivity contribution in [3.05, 3.63) is 46.8 Å². The van der Waals surface area contributed by atoms with Crippen molar-refractivity contribution in [2.75, 3.05) is 11.9 Å². The predicted octanol–water partition coefficient (Wildman–Crippen LogP) is 2.48. The first-order chi connectivity index (χ1) is 8.70. The van der Waals surface area contributed by atoms with E-state index in [-0.39, 0.29) is 5.69 Å². The SMILES string of the molecule is CCNc1cc(-c2cccc([N+](=O)[O-])c2)ncn1. The number of nitro benzene ring substituents is 1. The molecule has 0 aliphatic heterocycles. The van der Waals surface area contributed by atoms with Crippen LogP contribution in [0.5, 0.6) is 0 Å². The van der Waals surface area contributed by atoms with Crippen LogP contribution in [0.25, 0.3) is 11.3 Å².